The van der Waals surface area contributed by atoms with Crippen molar-refractivity contribution in [2.45, 2.75) is 22.2 Å². The maximum atomic E-state index is 14.0. The van der Waals surface area contributed by atoms with Crippen molar-refractivity contribution in [2.75, 3.05) is 0 Å². The second kappa shape index (κ2) is 7.39. The topological polar surface area (TPSA) is 30.0 Å². The number of hydrogen-bond donors (Lipinski definition) is 0. The molecule has 0 amide bonds. The first kappa shape index (κ1) is 22.2. The van der Waals surface area contributed by atoms with Crippen molar-refractivity contribution in [1.29, 1.82) is 0 Å². The Bertz CT molecular complexity index is 903. The predicted octanol–water partition coefficient (Wildman–Crippen LogP) is 6.31. The van der Waals surface area contributed by atoms with E-state index in [0.29, 0.717) is 6.07 Å². The molecule has 0 aliphatic heterocycles. The Labute approximate surface area is 165 Å². The number of pyridine rings is 1. The average molecular weight is 547 g/mol. The van der Waals surface area contributed by atoms with Crippen LogP contribution in [0.15, 0.2) is 44.3 Å². The molecule has 0 aliphatic carbocycles. The van der Waals surface area contributed by atoms with Gasteiger partial charge in [-0.3, -0.25) is 0 Å². The Morgan fingerprint density at radius 3 is 2.11 bits per heavy atom. The molecule has 1 atom stereocenters. The summed E-state index contributed by atoms with van der Waals surface area (Å²) in [7, 11) is -4.21. The summed E-state index contributed by atoms with van der Waals surface area (Å²) in [5.74, 6) is -7.82. The summed E-state index contributed by atoms with van der Waals surface area (Å²) in [6, 6.07) is 4.00. The average Bonchev–Trinajstić information content (AvgIpc) is 2.53. The van der Waals surface area contributed by atoms with Crippen molar-refractivity contribution >= 4 is 42.7 Å². The fourth-order valence-electron chi connectivity index (χ4n) is 1.95. The van der Waals surface area contributed by atoms with Crippen LogP contribution in [-0.4, -0.2) is 26.5 Å². The van der Waals surface area contributed by atoms with E-state index in [2.05, 4.69) is 36.8 Å². The monoisotopic (exact) mass is 545 g/mol. The molecule has 0 spiro atoms. The Hall–Kier alpha value is -1.08. The van der Waals surface area contributed by atoms with E-state index in [1.165, 1.54) is 12.1 Å². The highest BCUT2D eigenvalue weighted by atomic mass is 79.9. The molecule has 0 bridgehead atoms. The van der Waals surface area contributed by atoms with E-state index in [0.717, 1.165) is 12.3 Å². The largest absolute Gasteiger partial charge is 0.461 e. The summed E-state index contributed by atoms with van der Waals surface area (Å²) in [5.41, 5.74) is -1.12. The second-order valence-corrected chi connectivity index (χ2v) is 8.22. The Balaban J connectivity index is 2.76. The quantitative estimate of drug-likeness (QED) is 0.332. The third kappa shape index (κ3) is 3.90. The van der Waals surface area contributed by atoms with Gasteiger partial charge in [0, 0.05) is 26.3 Å². The van der Waals surface area contributed by atoms with E-state index in [9.17, 15) is 39.3 Å². The Kier molecular flexibility index (Phi) is 6.08. The van der Waals surface area contributed by atoms with Gasteiger partial charge in [0.1, 0.15) is 10.8 Å². The van der Waals surface area contributed by atoms with Crippen LogP contribution in [0.25, 0.3) is 11.1 Å². The van der Waals surface area contributed by atoms with Crippen molar-refractivity contribution < 1.29 is 39.3 Å². The van der Waals surface area contributed by atoms with Gasteiger partial charge >= 0.3 is 17.4 Å². The minimum absolute atomic E-state index is 0.0723. The molecule has 2 rings (SSSR count). The van der Waals surface area contributed by atoms with Crippen molar-refractivity contribution in [3.8, 4) is 11.1 Å². The molecule has 0 radical (unpaired) electrons. The maximum absolute atomic E-state index is 14.0. The van der Waals surface area contributed by atoms with Gasteiger partial charge in [0.05, 0.1) is 4.90 Å². The van der Waals surface area contributed by atoms with E-state index in [4.69, 9.17) is 0 Å². The lowest BCUT2D eigenvalue weighted by atomic mass is 10.1. The van der Waals surface area contributed by atoms with Crippen LogP contribution in [0.5, 0.6) is 0 Å². The second-order valence-electron chi connectivity index (χ2n) is 4.96. The van der Waals surface area contributed by atoms with Crippen LogP contribution in [0.2, 0.25) is 0 Å². The number of nitrogens with zero attached hydrogens (tertiary/aromatic N) is 1. The van der Waals surface area contributed by atoms with Gasteiger partial charge < -0.3 is 0 Å². The van der Waals surface area contributed by atoms with Crippen LogP contribution in [-0.2, 0) is 10.8 Å². The van der Waals surface area contributed by atoms with Crippen LogP contribution in [0.1, 0.15) is 0 Å². The molecule has 13 heteroatoms. The first-order chi connectivity index (χ1) is 12.2. The highest BCUT2D eigenvalue weighted by molar-refractivity contribution is 9.11. The zero-order valence-corrected chi connectivity index (χ0v) is 16.4. The van der Waals surface area contributed by atoms with Gasteiger partial charge in [0.15, 0.2) is 0 Å². The van der Waals surface area contributed by atoms with E-state index < -0.39 is 50.1 Å². The lowest BCUT2D eigenvalue weighted by molar-refractivity contribution is -0.331. The Morgan fingerprint density at radius 1 is 1.00 bits per heavy atom. The van der Waals surface area contributed by atoms with Crippen molar-refractivity contribution in [1.82, 2.24) is 4.98 Å². The first-order valence-electron chi connectivity index (χ1n) is 6.56. The third-order valence-corrected chi connectivity index (χ3v) is 5.73. The van der Waals surface area contributed by atoms with E-state index in [1.807, 2.05) is 0 Å². The number of benzene rings is 1. The number of hydrogen-bond acceptors (Lipinski definition) is 2. The maximum Gasteiger partial charge on any atom is 0.461 e. The number of aromatic nitrogens is 1. The molecule has 2 nitrogen and oxygen atoms in total. The lowest BCUT2D eigenvalue weighted by Gasteiger charge is -2.28. The fourth-order valence-corrected chi connectivity index (χ4v) is 4.94. The molecule has 27 heavy (non-hydrogen) atoms. The zero-order chi connectivity index (χ0) is 20.8. The van der Waals surface area contributed by atoms with Crippen LogP contribution < -0.4 is 0 Å². The van der Waals surface area contributed by atoms with E-state index in [-0.39, 0.29) is 8.95 Å². The zero-order valence-electron chi connectivity index (χ0n) is 12.4. The molecular weight excluding hydrogens is 542 g/mol. The SMILES string of the molecule is O=S(c1cc(Br)cc(Br)c1-c1cccnc1F)C(F)(F)C(F)(F)C(F)(F)F. The molecule has 1 aromatic carbocycles. The molecule has 0 saturated heterocycles. The van der Waals surface area contributed by atoms with Crippen LogP contribution >= 0.6 is 31.9 Å². The molecule has 0 saturated carbocycles. The highest BCUT2D eigenvalue weighted by Gasteiger charge is 2.76. The molecule has 2 aromatic rings. The summed E-state index contributed by atoms with van der Waals surface area (Å²) >= 11 is 5.72. The summed E-state index contributed by atoms with van der Waals surface area (Å²) in [6.45, 7) is 0. The molecule has 1 heterocycles. The van der Waals surface area contributed by atoms with Crippen LogP contribution in [0.3, 0.4) is 0 Å². The minimum Gasteiger partial charge on any atom is -0.248 e. The van der Waals surface area contributed by atoms with Crippen molar-refractivity contribution in [3.63, 3.8) is 0 Å². The smallest absolute Gasteiger partial charge is 0.248 e. The summed E-state index contributed by atoms with van der Waals surface area (Å²) in [5, 5.41) is -6.03. The molecule has 148 valence electrons. The predicted molar refractivity (Wildman–Crippen MR) is 87.4 cm³/mol. The van der Waals surface area contributed by atoms with Gasteiger partial charge in [-0.1, -0.05) is 31.9 Å². The fraction of sp³-hybridized carbons (Fsp3) is 0.214. The Morgan fingerprint density at radius 2 is 1.59 bits per heavy atom. The first-order valence-corrected chi connectivity index (χ1v) is 9.29. The summed E-state index contributed by atoms with van der Waals surface area (Å²) in [4.78, 5) is 2.11. The molecular formula is C14H5Br2F8NOS. The number of halogens is 10. The third-order valence-electron chi connectivity index (χ3n) is 3.20. The molecule has 0 fully saturated rings. The minimum atomic E-state index is -6.66. The molecule has 0 aliphatic rings. The van der Waals surface area contributed by atoms with E-state index in [1.54, 1.807) is 0 Å². The van der Waals surface area contributed by atoms with Crippen molar-refractivity contribution in [2.24, 2.45) is 0 Å². The molecule has 1 unspecified atom stereocenters. The summed E-state index contributed by atoms with van der Waals surface area (Å²) in [6.07, 6.45) is -5.66. The van der Waals surface area contributed by atoms with Gasteiger partial charge in [-0.25, -0.2) is 9.19 Å². The highest BCUT2D eigenvalue weighted by Crippen LogP contribution is 2.51. The summed E-state index contributed by atoms with van der Waals surface area (Å²) < 4.78 is 117. The van der Waals surface area contributed by atoms with Crippen molar-refractivity contribution in [3.05, 3.63) is 45.4 Å². The van der Waals surface area contributed by atoms with Gasteiger partial charge in [0.25, 0.3) is 0 Å². The van der Waals surface area contributed by atoms with Gasteiger partial charge in [-0.05, 0) is 24.3 Å². The van der Waals surface area contributed by atoms with Crippen LogP contribution in [0, 0.1) is 5.95 Å². The van der Waals surface area contributed by atoms with Gasteiger partial charge in [0.2, 0.25) is 5.95 Å². The van der Waals surface area contributed by atoms with E-state index >= 15 is 0 Å². The number of alkyl halides is 7. The van der Waals surface area contributed by atoms with Gasteiger partial charge in [-0.2, -0.15) is 35.1 Å². The normalized spacial score (nSPS) is 14.3. The van der Waals surface area contributed by atoms with Gasteiger partial charge in [-0.15, -0.1) is 0 Å². The number of rotatable bonds is 4. The molecule has 0 N–H and O–H groups in total. The standard InChI is InChI=1S/C14H5Br2F8NOS/c15-6-4-8(16)10(7-2-1-3-25-11(7)17)9(5-6)27(26)14(23,24)12(18,19)13(20,21)22/h1-5H. The lowest BCUT2D eigenvalue weighted by Crippen LogP contribution is -2.54. The molecule has 1 aromatic heterocycles. The van der Waals surface area contributed by atoms with Crippen LogP contribution in [0.4, 0.5) is 35.1 Å².